The molecule has 9 heteroatoms. The van der Waals surface area contributed by atoms with Crippen LogP contribution in [0, 0.1) is 0 Å². The summed E-state index contributed by atoms with van der Waals surface area (Å²) < 4.78 is 32.6. The highest BCUT2D eigenvalue weighted by molar-refractivity contribution is 5.91. The van der Waals surface area contributed by atoms with Crippen LogP contribution >= 0.6 is 0 Å². The van der Waals surface area contributed by atoms with Gasteiger partial charge in [0.1, 0.15) is 17.2 Å². The van der Waals surface area contributed by atoms with Crippen LogP contribution in [-0.2, 0) is 30.2 Å². The van der Waals surface area contributed by atoms with Gasteiger partial charge in [-0.2, -0.15) is 0 Å². The molecule has 0 aliphatic carbocycles. The standard InChI is InChI=1S/C35H38O9/c1-4-33(36)42-23-6-21-40-30-16-10-28(11-17-30)26(3)39-25-20-27-8-14-32(15-9-27)44-35(38)29-12-18-31(19-13-29)41-22-7-24-43-34(37)5-2/h4-5,8-19,26H,1-2,6-7,20-25H2,3H3. The first kappa shape index (κ1) is 33.6. The summed E-state index contributed by atoms with van der Waals surface area (Å²) in [5, 5.41) is 0. The Kier molecular flexibility index (Phi) is 14.2. The van der Waals surface area contributed by atoms with Crippen LogP contribution < -0.4 is 14.2 Å². The highest BCUT2D eigenvalue weighted by Gasteiger charge is 2.10. The third-order valence-electron chi connectivity index (χ3n) is 6.27. The Morgan fingerprint density at radius 2 is 1.16 bits per heavy atom. The van der Waals surface area contributed by atoms with E-state index < -0.39 is 17.9 Å². The van der Waals surface area contributed by atoms with Gasteiger partial charge in [-0.25, -0.2) is 14.4 Å². The Bertz CT molecular complexity index is 1350. The minimum Gasteiger partial charge on any atom is -0.493 e. The number of hydrogen-bond donors (Lipinski definition) is 0. The number of carbonyl (C=O) groups is 3. The van der Waals surface area contributed by atoms with Crippen molar-refractivity contribution in [1.29, 1.82) is 0 Å². The maximum atomic E-state index is 12.5. The van der Waals surface area contributed by atoms with E-state index in [-0.39, 0.29) is 19.3 Å². The van der Waals surface area contributed by atoms with Crippen LogP contribution in [0.4, 0.5) is 0 Å². The number of esters is 3. The Morgan fingerprint density at radius 1 is 0.659 bits per heavy atom. The van der Waals surface area contributed by atoms with Crippen molar-refractivity contribution in [2.45, 2.75) is 32.3 Å². The van der Waals surface area contributed by atoms with Crippen LogP contribution in [0.1, 0.15) is 47.4 Å². The third-order valence-corrected chi connectivity index (χ3v) is 6.27. The predicted octanol–water partition coefficient (Wildman–Crippen LogP) is 6.22. The second kappa shape index (κ2) is 18.6. The van der Waals surface area contributed by atoms with Gasteiger partial charge in [-0.3, -0.25) is 0 Å². The lowest BCUT2D eigenvalue weighted by Crippen LogP contribution is -2.09. The van der Waals surface area contributed by atoms with E-state index in [0.29, 0.717) is 56.1 Å². The van der Waals surface area contributed by atoms with Crippen molar-refractivity contribution in [3.8, 4) is 17.2 Å². The van der Waals surface area contributed by atoms with E-state index in [9.17, 15) is 14.4 Å². The highest BCUT2D eigenvalue weighted by atomic mass is 16.5. The lowest BCUT2D eigenvalue weighted by molar-refractivity contribution is -0.138. The maximum Gasteiger partial charge on any atom is 0.343 e. The molecule has 1 atom stereocenters. The summed E-state index contributed by atoms with van der Waals surface area (Å²) in [6.07, 6.45) is 3.99. The van der Waals surface area contributed by atoms with E-state index in [1.165, 1.54) is 0 Å². The largest absolute Gasteiger partial charge is 0.493 e. The van der Waals surface area contributed by atoms with Crippen molar-refractivity contribution in [3.63, 3.8) is 0 Å². The summed E-state index contributed by atoms with van der Waals surface area (Å²) in [6, 6.07) is 21.7. The van der Waals surface area contributed by atoms with Crippen LogP contribution in [0.2, 0.25) is 0 Å². The van der Waals surface area contributed by atoms with E-state index in [0.717, 1.165) is 29.0 Å². The average molecular weight is 603 g/mol. The van der Waals surface area contributed by atoms with Gasteiger partial charge < -0.3 is 28.4 Å². The SMILES string of the molecule is C=CC(=O)OCCCOc1ccc(C(=O)Oc2ccc(CCOC(C)c3ccc(OCCCOC(=O)C=C)cc3)cc2)cc1. The fraction of sp³-hybridized carbons (Fsp3) is 0.286. The Morgan fingerprint density at radius 3 is 1.68 bits per heavy atom. The van der Waals surface area contributed by atoms with Crippen LogP contribution in [0.15, 0.2) is 98.1 Å². The zero-order valence-electron chi connectivity index (χ0n) is 24.9. The first-order valence-corrected chi connectivity index (χ1v) is 14.3. The monoisotopic (exact) mass is 602 g/mol. The van der Waals surface area contributed by atoms with Gasteiger partial charge in [0.05, 0.1) is 44.7 Å². The van der Waals surface area contributed by atoms with Crippen LogP contribution in [0.5, 0.6) is 17.2 Å². The van der Waals surface area contributed by atoms with Crippen molar-refractivity contribution in [3.05, 3.63) is 115 Å². The maximum absolute atomic E-state index is 12.5. The summed E-state index contributed by atoms with van der Waals surface area (Å²) in [7, 11) is 0. The summed E-state index contributed by atoms with van der Waals surface area (Å²) in [4.78, 5) is 34.6. The molecule has 232 valence electrons. The topological polar surface area (TPSA) is 107 Å². The van der Waals surface area contributed by atoms with Crippen molar-refractivity contribution < 1.29 is 42.8 Å². The molecule has 9 nitrogen and oxygen atoms in total. The molecule has 0 heterocycles. The minimum atomic E-state index is -0.469. The average Bonchev–Trinajstić information content (AvgIpc) is 3.05. The van der Waals surface area contributed by atoms with Crippen LogP contribution in [-0.4, -0.2) is 50.9 Å². The summed E-state index contributed by atoms with van der Waals surface area (Å²) >= 11 is 0. The molecular weight excluding hydrogens is 564 g/mol. The smallest absolute Gasteiger partial charge is 0.343 e. The van der Waals surface area contributed by atoms with Crippen LogP contribution in [0.3, 0.4) is 0 Å². The van der Waals surface area contributed by atoms with Gasteiger partial charge >= 0.3 is 17.9 Å². The van der Waals surface area contributed by atoms with E-state index in [2.05, 4.69) is 13.2 Å². The molecule has 0 bridgehead atoms. The number of benzene rings is 3. The zero-order valence-corrected chi connectivity index (χ0v) is 24.9. The van der Waals surface area contributed by atoms with E-state index in [1.54, 1.807) is 36.4 Å². The zero-order chi connectivity index (χ0) is 31.6. The molecule has 0 amide bonds. The van der Waals surface area contributed by atoms with E-state index in [4.69, 9.17) is 28.4 Å². The molecule has 0 fully saturated rings. The normalized spacial score (nSPS) is 11.1. The van der Waals surface area contributed by atoms with Gasteiger partial charge in [-0.15, -0.1) is 0 Å². The second-order valence-corrected chi connectivity index (χ2v) is 9.54. The molecule has 0 saturated heterocycles. The molecular formula is C35H38O9. The predicted molar refractivity (Wildman–Crippen MR) is 165 cm³/mol. The van der Waals surface area contributed by atoms with Crippen molar-refractivity contribution in [1.82, 2.24) is 0 Å². The minimum absolute atomic E-state index is 0.0959. The Hall–Kier alpha value is -4.89. The van der Waals surface area contributed by atoms with Gasteiger partial charge in [0.15, 0.2) is 0 Å². The molecule has 0 saturated carbocycles. The lowest BCUT2D eigenvalue weighted by Gasteiger charge is -2.14. The van der Waals surface area contributed by atoms with Crippen molar-refractivity contribution >= 4 is 17.9 Å². The van der Waals surface area contributed by atoms with E-state index >= 15 is 0 Å². The molecule has 0 radical (unpaired) electrons. The summed E-state index contributed by atoms with van der Waals surface area (Å²) in [6.45, 7) is 10.6. The molecule has 44 heavy (non-hydrogen) atoms. The number of hydrogen-bond acceptors (Lipinski definition) is 9. The molecule has 0 aromatic heterocycles. The first-order valence-electron chi connectivity index (χ1n) is 14.3. The first-order chi connectivity index (χ1) is 21.4. The Balaban J connectivity index is 1.34. The highest BCUT2D eigenvalue weighted by Crippen LogP contribution is 2.22. The molecule has 3 aromatic rings. The van der Waals surface area contributed by atoms with Crippen molar-refractivity contribution in [2.75, 3.05) is 33.0 Å². The number of carbonyl (C=O) groups excluding carboxylic acids is 3. The fourth-order valence-corrected chi connectivity index (χ4v) is 3.82. The molecule has 0 aliphatic rings. The fourth-order valence-electron chi connectivity index (χ4n) is 3.82. The number of rotatable bonds is 19. The summed E-state index contributed by atoms with van der Waals surface area (Å²) in [5.74, 6) is 0.410. The molecule has 0 N–H and O–H groups in total. The van der Waals surface area contributed by atoms with Crippen molar-refractivity contribution in [2.24, 2.45) is 0 Å². The third kappa shape index (κ3) is 12.1. The Labute approximate surface area is 258 Å². The second-order valence-electron chi connectivity index (χ2n) is 9.54. The number of ether oxygens (including phenoxy) is 6. The molecule has 0 aliphatic heterocycles. The molecule has 3 aromatic carbocycles. The van der Waals surface area contributed by atoms with Gasteiger partial charge in [0.2, 0.25) is 0 Å². The van der Waals surface area contributed by atoms with Gasteiger partial charge in [-0.1, -0.05) is 37.4 Å². The van der Waals surface area contributed by atoms with E-state index in [1.807, 2.05) is 43.3 Å². The molecule has 0 spiro atoms. The van der Waals surface area contributed by atoms with Gasteiger partial charge in [-0.05, 0) is 73.0 Å². The van der Waals surface area contributed by atoms with Crippen LogP contribution in [0.25, 0.3) is 0 Å². The van der Waals surface area contributed by atoms with Gasteiger partial charge in [0.25, 0.3) is 0 Å². The lowest BCUT2D eigenvalue weighted by atomic mass is 10.1. The quantitative estimate of drug-likeness (QED) is 0.0684. The molecule has 1 unspecified atom stereocenters. The molecule has 3 rings (SSSR count). The summed E-state index contributed by atoms with van der Waals surface area (Å²) in [5.41, 5.74) is 2.49. The van der Waals surface area contributed by atoms with Gasteiger partial charge in [0, 0.05) is 25.0 Å².